The molecule has 0 saturated heterocycles. The van der Waals surface area contributed by atoms with Gasteiger partial charge in [-0.1, -0.05) is 11.6 Å². The predicted octanol–water partition coefficient (Wildman–Crippen LogP) is 2.75. The molecule has 0 bridgehead atoms. The molecule has 4 aromatic rings. The van der Waals surface area contributed by atoms with Gasteiger partial charge in [-0.3, -0.25) is 9.78 Å². The molecule has 0 fully saturated rings. The first-order valence-corrected chi connectivity index (χ1v) is 8.94. The van der Waals surface area contributed by atoms with E-state index in [-0.39, 0.29) is 16.7 Å². The van der Waals surface area contributed by atoms with Crippen LogP contribution in [-0.4, -0.2) is 25.5 Å². The molecule has 0 aromatic carbocycles. The zero-order chi connectivity index (χ0) is 20.4. The summed E-state index contributed by atoms with van der Waals surface area (Å²) < 4.78 is 1.67. The van der Waals surface area contributed by atoms with E-state index in [1.165, 1.54) is 12.4 Å². The van der Waals surface area contributed by atoms with E-state index in [0.29, 0.717) is 22.4 Å². The molecule has 0 radical (unpaired) electrons. The number of nitrogens with two attached hydrogens (primary N) is 1. The molecule has 9 heteroatoms. The molecule has 142 valence electrons. The molecule has 8 nitrogen and oxygen atoms in total. The normalized spacial score (nSPS) is 11.7. The van der Waals surface area contributed by atoms with Gasteiger partial charge in [-0.25, -0.2) is 9.50 Å². The zero-order valence-electron chi connectivity index (χ0n) is 15.0. The molecular weight excluding hydrogens is 390 g/mol. The summed E-state index contributed by atoms with van der Waals surface area (Å²) in [4.78, 5) is 21.3. The minimum Gasteiger partial charge on any atom is -0.396 e. The summed E-state index contributed by atoms with van der Waals surface area (Å²) in [6, 6.07) is 11.5. The van der Waals surface area contributed by atoms with Crippen molar-refractivity contribution in [2.75, 3.05) is 5.73 Å². The Labute approximate surface area is 170 Å². The van der Waals surface area contributed by atoms with Crippen LogP contribution in [0.2, 0.25) is 5.15 Å². The van der Waals surface area contributed by atoms with Crippen LogP contribution < -0.4 is 11.1 Å². The first kappa shape index (κ1) is 18.4. The SMILES string of the molecule is N#Cc1ccc(C(NC(=O)c2ccn3nccc3c2)c2cnc(Cl)c(N)c2)nc1. The highest BCUT2D eigenvalue weighted by molar-refractivity contribution is 6.31. The number of carbonyl (C=O) groups is 1. The Morgan fingerprint density at radius 1 is 1.21 bits per heavy atom. The van der Waals surface area contributed by atoms with Crippen LogP contribution in [-0.2, 0) is 0 Å². The summed E-state index contributed by atoms with van der Waals surface area (Å²) in [6.45, 7) is 0. The fourth-order valence-electron chi connectivity index (χ4n) is 2.89. The topological polar surface area (TPSA) is 122 Å². The Kier molecular flexibility index (Phi) is 4.81. The van der Waals surface area contributed by atoms with Crippen LogP contribution >= 0.6 is 11.6 Å². The molecule has 29 heavy (non-hydrogen) atoms. The maximum atomic E-state index is 12.9. The van der Waals surface area contributed by atoms with Crippen LogP contribution in [0.4, 0.5) is 5.69 Å². The third-order valence-corrected chi connectivity index (χ3v) is 4.68. The lowest BCUT2D eigenvalue weighted by molar-refractivity contribution is 0.0942. The van der Waals surface area contributed by atoms with Gasteiger partial charge in [-0.2, -0.15) is 10.4 Å². The van der Waals surface area contributed by atoms with Gasteiger partial charge in [0.15, 0.2) is 5.15 Å². The summed E-state index contributed by atoms with van der Waals surface area (Å²) >= 11 is 5.93. The van der Waals surface area contributed by atoms with Crippen LogP contribution in [0.1, 0.15) is 33.2 Å². The Morgan fingerprint density at radius 3 is 2.79 bits per heavy atom. The van der Waals surface area contributed by atoms with Crippen LogP contribution in [0.3, 0.4) is 0 Å². The first-order chi connectivity index (χ1) is 14.0. The van der Waals surface area contributed by atoms with Crippen molar-refractivity contribution in [1.29, 1.82) is 5.26 Å². The second-order valence-electron chi connectivity index (χ2n) is 6.25. The van der Waals surface area contributed by atoms with Crippen molar-refractivity contribution in [3.63, 3.8) is 0 Å². The van der Waals surface area contributed by atoms with E-state index in [1.807, 2.05) is 6.07 Å². The third-order valence-electron chi connectivity index (χ3n) is 4.37. The number of halogens is 1. The Bertz CT molecular complexity index is 1240. The molecule has 4 aromatic heterocycles. The van der Waals surface area contributed by atoms with E-state index in [0.717, 1.165) is 5.52 Å². The molecule has 4 rings (SSSR count). The average molecular weight is 404 g/mol. The quantitative estimate of drug-likeness (QED) is 0.505. The van der Waals surface area contributed by atoms with E-state index in [2.05, 4.69) is 20.4 Å². The number of hydrogen-bond donors (Lipinski definition) is 2. The number of nitrogens with one attached hydrogen (secondary N) is 1. The zero-order valence-corrected chi connectivity index (χ0v) is 15.7. The Morgan fingerprint density at radius 2 is 2.07 bits per heavy atom. The van der Waals surface area contributed by atoms with Gasteiger partial charge < -0.3 is 11.1 Å². The number of nitriles is 1. The second-order valence-corrected chi connectivity index (χ2v) is 6.61. The Balaban J connectivity index is 1.71. The largest absolute Gasteiger partial charge is 0.396 e. The first-order valence-electron chi connectivity index (χ1n) is 8.56. The van der Waals surface area contributed by atoms with Crippen molar-refractivity contribution in [3.05, 3.63) is 88.7 Å². The number of nitrogen functional groups attached to an aromatic ring is 1. The summed E-state index contributed by atoms with van der Waals surface area (Å²) in [6.07, 6.45) is 6.34. The average Bonchev–Trinajstić information content (AvgIpc) is 3.22. The van der Waals surface area contributed by atoms with Crippen molar-refractivity contribution >= 4 is 28.7 Å². The van der Waals surface area contributed by atoms with E-state index >= 15 is 0 Å². The monoisotopic (exact) mass is 403 g/mol. The van der Waals surface area contributed by atoms with Crippen LogP contribution in [0, 0.1) is 11.3 Å². The van der Waals surface area contributed by atoms with Gasteiger partial charge in [0, 0.05) is 35.9 Å². The fraction of sp³-hybridized carbons (Fsp3) is 0.0500. The lowest BCUT2D eigenvalue weighted by atomic mass is 10.0. The third kappa shape index (κ3) is 3.72. The molecule has 1 unspecified atom stereocenters. The number of aromatic nitrogens is 4. The van der Waals surface area contributed by atoms with Gasteiger partial charge in [0.1, 0.15) is 6.07 Å². The predicted molar refractivity (Wildman–Crippen MR) is 107 cm³/mol. The van der Waals surface area contributed by atoms with Gasteiger partial charge in [0.2, 0.25) is 0 Å². The molecular formula is C20H14ClN7O. The number of pyridine rings is 3. The molecule has 0 aliphatic rings. The van der Waals surface area contributed by atoms with Gasteiger partial charge in [0.25, 0.3) is 5.91 Å². The van der Waals surface area contributed by atoms with E-state index in [9.17, 15) is 4.79 Å². The highest BCUT2D eigenvalue weighted by Gasteiger charge is 2.21. The molecule has 0 spiro atoms. The van der Waals surface area contributed by atoms with Crippen molar-refractivity contribution < 1.29 is 4.79 Å². The summed E-state index contributed by atoms with van der Waals surface area (Å²) in [5.41, 5.74) is 9.01. The molecule has 4 heterocycles. The molecule has 0 aliphatic carbocycles. The number of nitrogens with zero attached hydrogens (tertiary/aromatic N) is 5. The number of carbonyl (C=O) groups excluding carboxylic acids is 1. The van der Waals surface area contributed by atoms with Crippen molar-refractivity contribution in [2.24, 2.45) is 0 Å². The smallest absolute Gasteiger partial charge is 0.252 e. The highest BCUT2D eigenvalue weighted by atomic mass is 35.5. The van der Waals surface area contributed by atoms with Crippen molar-refractivity contribution in [3.8, 4) is 6.07 Å². The highest BCUT2D eigenvalue weighted by Crippen LogP contribution is 2.25. The summed E-state index contributed by atoms with van der Waals surface area (Å²) in [5, 5.41) is 16.3. The van der Waals surface area contributed by atoms with Gasteiger partial charge in [0.05, 0.1) is 28.5 Å². The number of hydrogen-bond acceptors (Lipinski definition) is 6. The standard InChI is InChI=1S/C20H14ClN7O/c21-19-16(23)8-14(11-25-19)18(17-2-1-12(9-22)10-24-17)27-20(29)13-4-6-28-15(7-13)3-5-26-28/h1-8,10-11,18H,23H2,(H,27,29). The molecule has 3 N–H and O–H groups in total. The van der Waals surface area contributed by atoms with E-state index in [1.54, 1.807) is 53.3 Å². The molecule has 1 amide bonds. The maximum absolute atomic E-state index is 12.9. The number of fused-ring (bicyclic) bond motifs is 1. The number of anilines is 1. The van der Waals surface area contributed by atoms with E-state index < -0.39 is 6.04 Å². The van der Waals surface area contributed by atoms with Crippen LogP contribution in [0.25, 0.3) is 5.52 Å². The van der Waals surface area contributed by atoms with Crippen LogP contribution in [0.5, 0.6) is 0 Å². The molecule has 0 saturated carbocycles. The maximum Gasteiger partial charge on any atom is 0.252 e. The van der Waals surface area contributed by atoms with Gasteiger partial charge in [-0.15, -0.1) is 0 Å². The molecule has 0 aliphatic heterocycles. The van der Waals surface area contributed by atoms with Gasteiger partial charge in [-0.05, 0) is 36.4 Å². The van der Waals surface area contributed by atoms with Crippen LogP contribution in [0.15, 0.2) is 61.2 Å². The van der Waals surface area contributed by atoms with Gasteiger partial charge >= 0.3 is 0 Å². The number of amides is 1. The fourth-order valence-corrected chi connectivity index (χ4v) is 2.99. The lowest BCUT2D eigenvalue weighted by Gasteiger charge is -2.19. The molecule has 1 atom stereocenters. The Hall–Kier alpha value is -3.96. The minimum atomic E-state index is -0.636. The van der Waals surface area contributed by atoms with Crippen molar-refractivity contribution in [1.82, 2.24) is 24.9 Å². The summed E-state index contributed by atoms with van der Waals surface area (Å²) in [5.74, 6) is -0.307. The number of rotatable bonds is 4. The van der Waals surface area contributed by atoms with Crippen molar-refractivity contribution in [2.45, 2.75) is 6.04 Å². The second kappa shape index (κ2) is 7.58. The summed E-state index contributed by atoms with van der Waals surface area (Å²) in [7, 11) is 0. The lowest BCUT2D eigenvalue weighted by Crippen LogP contribution is -2.30. The van der Waals surface area contributed by atoms with E-state index in [4.69, 9.17) is 22.6 Å². The minimum absolute atomic E-state index is 0.179.